The van der Waals surface area contributed by atoms with Gasteiger partial charge in [-0.3, -0.25) is 0 Å². The summed E-state index contributed by atoms with van der Waals surface area (Å²) in [4.78, 5) is 2.47. The maximum atomic E-state index is 6.39. The Hall–Kier alpha value is -8.20. The highest BCUT2D eigenvalue weighted by atomic mass is 16.3. The number of anilines is 3. The number of aryl methyl sites for hydroxylation is 1. The summed E-state index contributed by atoms with van der Waals surface area (Å²) in [6, 6.07) is 88.9. The van der Waals surface area contributed by atoms with Crippen molar-refractivity contribution in [2.45, 2.75) is 18.8 Å². The van der Waals surface area contributed by atoms with E-state index in [1.165, 1.54) is 55.6 Å². The molecule has 0 radical (unpaired) electrons. The minimum atomic E-state index is -0.522. The Labute approximate surface area is 380 Å². The number of hydrogen-bond acceptors (Lipinski definition) is 2. The lowest BCUT2D eigenvalue weighted by atomic mass is 9.67. The van der Waals surface area contributed by atoms with E-state index in [-0.39, 0.29) is 0 Å². The maximum absolute atomic E-state index is 6.39. The van der Waals surface area contributed by atoms with Gasteiger partial charge in [0, 0.05) is 27.7 Å². The molecule has 0 atom stereocenters. The van der Waals surface area contributed by atoms with Crippen molar-refractivity contribution in [3.05, 3.63) is 270 Å². The van der Waals surface area contributed by atoms with Gasteiger partial charge in [-0.15, -0.1) is 0 Å². The van der Waals surface area contributed by atoms with Crippen molar-refractivity contribution in [3.63, 3.8) is 0 Å². The van der Waals surface area contributed by atoms with Crippen LogP contribution < -0.4 is 4.90 Å². The average Bonchev–Trinajstić information content (AvgIpc) is 3.91. The first-order valence-corrected chi connectivity index (χ1v) is 22.6. The van der Waals surface area contributed by atoms with Crippen molar-refractivity contribution in [2.24, 2.45) is 0 Å². The Bertz CT molecular complexity index is 3490. The van der Waals surface area contributed by atoms with Crippen molar-refractivity contribution < 1.29 is 4.42 Å². The second kappa shape index (κ2) is 15.9. The van der Waals surface area contributed by atoms with Crippen LogP contribution in [0, 0.1) is 0 Å². The minimum Gasteiger partial charge on any atom is -0.456 e. The zero-order valence-electron chi connectivity index (χ0n) is 36.2. The average molecular weight is 832 g/mol. The Balaban J connectivity index is 1.12. The molecule has 11 aromatic rings. The molecule has 2 nitrogen and oxygen atoms in total. The number of benzene rings is 10. The van der Waals surface area contributed by atoms with E-state index < -0.39 is 5.41 Å². The third-order valence-electron chi connectivity index (χ3n) is 13.5. The Morgan fingerprint density at radius 1 is 0.385 bits per heavy atom. The molecular formula is C63H45NO. The molecule has 0 fully saturated rings. The van der Waals surface area contributed by atoms with Crippen LogP contribution in [-0.4, -0.2) is 0 Å². The largest absolute Gasteiger partial charge is 0.456 e. The van der Waals surface area contributed by atoms with Crippen molar-refractivity contribution in [1.82, 2.24) is 0 Å². The summed E-state index contributed by atoms with van der Waals surface area (Å²) in [5.41, 5.74) is 20.4. The number of rotatable bonds is 9. The maximum Gasteiger partial charge on any atom is 0.136 e. The van der Waals surface area contributed by atoms with E-state index in [9.17, 15) is 0 Å². The normalized spacial score (nSPS) is 12.6. The first-order chi connectivity index (χ1) is 32.2. The van der Waals surface area contributed by atoms with Crippen LogP contribution in [0.25, 0.3) is 66.4 Å². The summed E-state index contributed by atoms with van der Waals surface area (Å²) in [6.07, 6.45) is 0.934. The first-order valence-electron chi connectivity index (χ1n) is 22.6. The molecule has 0 saturated carbocycles. The lowest BCUT2D eigenvalue weighted by molar-refractivity contribution is 0.669. The molecule has 65 heavy (non-hydrogen) atoms. The van der Waals surface area contributed by atoms with Gasteiger partial charge in [0.1, 0.15) is 11.2 Å². The summed E-state index contributed by atoms with van der Waals surface area (Å²) in [6.45, 7) is 2.23. The summed E-state index contributed by atoms with van der Waals surface area (Å²) in [5.74, 6) is 0. The molecular weight excluding hydrogens is 787 g/mol. The van der Waals surface area contributed by atoms with Gasteiger partial charge in [-0.1, -0.05) is 195 Å². The standard InChI is InChI=1S/C63H45NO/c1-2-43-19-16-27-50(39-43)64(51-28-17-22-45(40-51)47-35-37-53-52-29-13-15-34-60(52)65-61(53)42-47)59-38-36-46(44-20-6-3-7-21-44)41-56(59)54-31-18-33-58-62(54)55-30-12-14-32-57(55)63(58,48-23-8-4-9-24-48)49-25-10-5-11-26-49/h3-42H,2H2,1H3. The van der Waals surface area contributed by atoms with Gasteiger partial charge in [-0.2, -0.15) is 0 Å². The lowest BCUT2D eigenvalue weighted by Crippen LogP contribution is -2.28. The van der Waals surface area contributed by atoms with Crippen molar-refractivity contribution in [1.29, 1.82) is 0 Å². The highest BCUT2D eigenvalue weighted by Gasteiger charge is 2.47. The van der Waals surface area contributed by atoms with Gasteiger partial charge in [-0.05, 0) is 128 Å². The molecule has 0 bridgehead atoms. The molecule has 2 heteroatoms. The summed E-state index contributed by atoms with van der Waals surface area (Å²) < 4.78 is 6.39. The number of para-hydroxylation sites is 1. The van der Waals surface area contributed by atoms with Crippen LogP contribution >= 0.6 is 0 Å². The van der Waals surface area contributed by atoms with Gasteiger partial charge < -0.3 is 9.32 Å². The van der Waals surface area contributed by atoms with E-state index in [1.54, 1.807) is 0 Å². The van der Waals surface area contributed by atoms with Crippen LogP contribution in [0.3, 0.4) is 0 Å². The molecule has 0 amide bonds. The first kappa shape index (κ1) is 38.5. The molecule has 0 N–H and O–H groups in total. The van der Waals surface area contributed by atoms with Gasteiger partial charge in [0.2, 0.25) is 0 Å². The minimum absolute atomic E-state index is 0.522. The number of furan rings is 1. The summed E-state index contributed by atoms with van der Waals surface area (Å²) >= 11 is 0. The molecule has 1 heterocycles. The Morgan fingerprint density at radius 2 is 0.954 bits per heavy atom. The van der Waals surface area contributed by atoms with Gasteiger partial charge in [-0.25, -0.2) is 0 Å². The zero-order valence-corrected chi connectivity index (χ0v) is 36.2. The van der Waals surface area contributed by atoms with Gasteiger partial charge >= 0.3 is 0 Å². The lowest BCUT2D eigenvalue weighted by Gasteiger charge is -2.34. The summed E-state index contributed by atoms with van der Waals surface area (Å²) in [5, 5.41) is 2.26. The highest BCUT2D eigenvalue weighted by Crippen LogP contribution is 2.59. The highest BCUT2D eigenvalue weighted by molar-refractivity contribution is 6.06. The van der Waals surface area contributed by atoms with Gasteiger partial charge in [0.05, 0.1) is 11.1 Å². The summed E-state index contributed by atoms with van der Waals surface area (Å²) in [7, 11) is 0. The topological polar surface area (TPSA) is 16.4 Å². The van der Waals surface area contributed by atoms with E-state index in [1.807, 2.05) is 12.1 Å². The second-order valence-corrected chi connectivity index (χ2v) is 17.1. The van der Waals surface area contributed by atoms with E-state index in [4.69, 9.17) is 4.42 Å². The molecule has 0 aliphatic heterocycles. The molecule has 0 unspecified atom stereocenters. The number of hydrogen-bond donors (Lipinski definition) is 0. The number of nitrogens with zero attached hydrogens (tertiary/aromatic N) is 1. The molecule has 1 aromatic heterocycles. The van der Waals surface area contributed by atoms with Crippen LogP contribution in [0.5, 0.6) is 0 Å². The van der Waals surface area contributed by atoms with E-state index >= 15 is 0 Å². The van der Waals surface area contributed by atoms with Crippen LogP contribution in [0.15, 0.2) is 247 Å². The van der Waals surface area contributed by atoms with Crippen LogP contribution in [0.2, 0.25) is 0 Å². The van der Waals surface area contributed by atoms with Gasteiger partial charge in [0.25, 0.3) is 0 Å². The molecule has 1 aliphatic rings. The molecule has 308 valence electrons. The molecule has 10 aromatic carbocycles. The SMILES string of the molecule is CCc1cccc(N(c2cccc(-c3ccc4c(c3)oc3ccccc34)c2)c2ccc(-c3ccccc3)cc2-c2cccc3c2-c2ccccc2C3(c2ccccc2)c2ccccc2)c1. The van der Waals surface area contributed by atoms with Crippen molar-refractivity contribution in [2.75, 3.05) is 4.90 Å². The number of fused-ring (bicyclic) bond motifs is 6. The van der Waals surface area contributed by atoms with Crippen molar-refractivity contribution in [3.8, 4) is 44.5 Å². The van der Waals surface area contributed by atoms with Crippen LogP contribution in [0.4, 0.5) is 17.1 Å². The monoisotopic (exact) mass is 831 g/mol. The van der Waals surface area contributed by atoms with E-state index in [0.717, 1.165) is 62.1 Å². The van der Waals surface area contributed by atoms with Crippen LogP contribution in [0.1, 0.15) is 34.7 Å². The van der Waals surface area contributed by atoms with Gasteiger partial charge in [0.15, 0.2) is 0 Å². The van der Waals surface area contributed by atoms with Crippen LogP contribution in [-0.2, 0) is 11.8 Å². The third-order valence-corrected chi connectivity index (χ3v) is 13.5. The fourth-order valence-corrected chi connectivity index (χ4v) is 10.5. The van der Waals surface area contributed by atoms with E-state index in [2.05, 4.69) is 242 Å². The van der Waals surface area contributed by atoms with E-state index in [0.29, 0.717) is 0 Å². The second-order valence-electron chi connectivity index (χ2n) is 17.1. The Kier molecular flexibility index (Phi) is 9.39. The Morgan fingerprint density at radius 3 is 1.74 bits per heavy atom. The zero-order chi connectivity index (χ0) is 43.3. The smallest absolute Gasteiger partial charge is 0.136 e. The fraction of sp³-hybridized carbons (Fsp3) is 0.0476. The predicted molar refractivity (Wildman–Crippen MR) is 271 cm³/mol. The molecule has 0 saturated heterocycles. The fourth-order valence-electron chi connectivity index (χ4n) is 10.5. The van der Waals surface area contributed by atoms with Crippen molar-refractivity contribution >= 4 is 39.0 Å². The molecule has 0 spiro atoms. The molecule has 1 aliphatic carbocycles. The third kappa shape index (κ3) is 6.32. The predicted octanol–water partition coefficient (Wildman–Crippen LogP) is 17.0. The molecule has 12 rings (SSSR count). The quantitative estimate of drug-likeness (QED) is 0.144.